The van der Waals surface area contributed by atoms with Crippen LogP contribution < -0.4 is 10.1 Å². The molecule has 0 saturated heterocycles. The minimum atomic E-state index is -0.193. The van der Waals surface area contributed by atoms with E-state index in [1.165, 1.54) is 0 Å². The first-order valence-corrected chi connectivity index (χ1v) is 9.53. The molecule has 0 spiro atoms. The first kappa shape index (κ1) is 19.6. The number of para-hydroxylation sites is 1. The standard InChI is InChI=1S/C23H21N3O4/c1-28-11-12-30-22-9-8-16(14-24-22)15-25-23(27)18-13-20(21-7-4-10-29-21)26-19-6-3-2-5-17(18)19/h2-10,13-14H,11-12,15H2,1H3,(H,25,27). The number of nitrogens with one attached hydrogen (secondary N) is 1. The molecule has 3 aromatic heterocycles. The molecule has 0 atom stereocenters. The van der Waals surface area contributed by atoms with Gasteiger partial charge < -0.3 is 19.2 Å². The van der Waals surface area contributed by atoms with E-state index in [4.69, 9.17) is 13.9 Å². The summed E-state index contributed by atoms with van der Waals surface area (Å²) in [5.41, 5.74) is 2.75. The highest BCUT2D eigenvalue weighted by atomic mass is 16.5. The number of hydrogen-bond acceptors (Lipinski definition) is 6. The number of hydrogen-bond donors (Lipinski definition) is 1. The van der Waals surface area contributed by atoms with Crippen molar-refractivity contribution in [2.75, 3.05) is 20.3 Å². The molecule has 0 aliphatic rings. The molecule has 3 heterocycles. The third kappa shape index (κ3) is 4.47. The van der Waals surface area contributed by atoms with Gasteiger partial charge >= 0.3 is 0 Å². The molecular weight excluding hydrogens is 382 g/mol. The Morgan fingerprint density at radius 2 is 2.00 bits per heavy atom. The number of aromatic nitrogens is 2. The summed E-state index contributed by atoms with van der Waals surface area (Å²) in [6.45, 7) is 1.28. The number of carbonyl (C=O) groups excluding carboxylic acids is 1. The average Bonchev–Trinajstić information content (AvgIpc) is 3.33. The van der Waals surface area contributed by atoms with Crippen molar-refractivity contribution in [3.05, 3.63) is 78.2 Å². The van der Waals surface area contributed by atoms with Crippen LogP contribution in [0.2, 0.25) is 0 Å². The van der Waals surface area contributed by atoms with Crippen LogP contribution in [0, 0.1) is 0 Å². The molecule has 1 aromatic carbocycles. The van der Waals surface area contributed by atoms with Crippen molar-refractivity contribution < 1.29 is 18.7 Å². The van der Waals surface area contributed by atoms with E-state index in [0.717, 1.165) is 16.5 Å². The van der Waals surface area contributed by atoms with Crippen molar-refractivity contribution in [2.24, 2.45) is 0 Å². The van der Waals surface area contributed by atoms with Crippen molar-refractivity contribution in [1.29, 1.82) is 0 Å². The second-order valence-corrected chi connectivity index (χ2v) is 6.58. The smallest absolute Gasteiger partial charge is 0.252 e. The van der Waals surface area contributed by atoms with Gasteiger partial charge in [-0.25, -0.2) is 9.97 Å². The average molecular weight is 403 g/mol. The number of rotatable bonds is 8. The van der Waals surface area contributed by atoms with Crippen molar-refractivity contribution in [2.45, 2.75) is 6.54 Å². The van der Waals surface area contributed by atoms with Crippen molar-refractivity contribution in [3.8, 4) is 17.3 Å². The second kappa shape index (κ2) is 9.19. The monoisotopic (exact) mass is 403 g/mol. The molecule has 152 valence electrons. The van der Waals surface area contributed by atoms with E-state index < -0.39 is 0 Å². The number of nitrogens with zero attached hydrogens (tertiary/aromatic N) is 2. The largest absolute Gasteiger partial charge is 0.475 e. The summed E-state index contributed by atoms with van der Waals surface area (Å²) < 4.78 is 15.9. The zero-order valence-corrected chi connectivity index (χ0v) is 16.5. The Balaban J connectivity index is 1.50. The lowest BCUT2D eigenvalue weighted by Gasteiger charge is -2.10. The minimum Gasteiger partial charge on any atom is -0.475 e. The normalized spacial score (nSPS) is 10.8. The van der Waals surface area contributed by atoms with Crippen molar-refractivity contribution >= 4 is 16.8 Å². The van der Waals surface area contributed by atoms with E-state index in [2.05, 4.69) is 15.3 Å². The number of methoxy groups -OCH3 is 1. The molecule has 0 aliphatic carbocycles. The molecule has 1 amide bonds. The van der Waals surface area contributed by atoms with Gasteiger partial charge in [0.15, 0.2) is 5.76 Å². The van der Waals surface area contributed by atoms with Crippen LogP contribution in [-0.4, -0.2) is 36.2 Å². The van der Waals surface area contributed by atoms with Gasteiger partial charge in [0.1, 0.15) is 12.3 Å². The lowest BCUT2D eigenvalue weighted by molar-refractivity contribution is 0.0952. The molecular formula is C23H21N3O4. The zero-order valence-electron chi connectivity index (χ0n) is 16.5. The Labute approximate surface area is 173 Å². The van der Waals surface area contributed by atoms with E-state index in [-0.39, 0.29) is 5.91 Å². The molecule has 0 aliphatic heterocycles. The summed E-state index contributed by atoms with van der Waals surface area (Å²) in [7, 11) is 1.62. The summed E-state index contributed by atoms with van der Waals surface area (Å²) in [4.78, 5) is 21.8. The molecule has 1 N–H and O–H groups in total. The van der Waals surface area contributed by atoms with E-state index >= 15 is 0 Å². The summed E-state index contributed by atoms with van der Waals surface area (Å²) in [6, 6.07) is 16.6. The van der Waals surface area contributed by atoms with Crippen LogP contribution in [0.25, 0.3) is 22.4 Å². The van der Waals surface area contributed by atoms with Gasteiger partial charge in [-0.1, -0.05) is 24.3 Å². The minimum absolute atomic E-state index is 0.193. The molecule has 0 bridgehead atoms. The number of fused-ring (bicyclic) bond motifs is 1. The van der Waals surface area contributed by atoms with E-state index in [1.54, 1.807) is 37.8 Å². The molecule has 0 radical (unpaired) electrons. The number of carbonyl (C=O) groups is 1. The summed E-state index contributed by atoms with van der Waals surface area (Å²) in [5.74, 6) is 0.940. The highest BCUT2D eigenvalue weighted by Gasteiger charge is 2.15. The Morgan fingerprint density at radius 3 is 2.77 bits per heavy atom. The summed E-state index contributed by atoms with van der Waals surface area (Å²) >= 11 is 0. The third-order valence-electron chi connectivity index (χ3n) is 4.52. The Hall–Kier alpha value is -3.71. The lowest BCUT2D eigenvalue weighted by Crippen LogP contribution is -2.23. The van der Waals surface area contributed by atoms with Gasteiger partial charge in [0, 0.05) is 31.3 Å². The molecule has 0 saturated carbocycles. The van der Waals surface area contributed by atoms with Crippen molar-refractivity contribution in [1.82, 2.24) is 15.3 Å². The fourth-order valence-corrected chi connectivity index (χ4v) is 3.02. The lowest BCUT2D eigenvalue weighted by atomic mass is 10.1. The zero-order chi connectivity index (χ0) is 20.8. The highest BCUT2D eigenvalue weighted by Crippen LogP contribution is 2.25. The molecule has 4 rings (SSSR count). The second-order valence-electron chi connectivity index (χ2n) is 6.58. The number of amides is 1. The van der Waals surface area contributed by atoms with Crippen LogP contribution in [0.5, 0.6) is 5.88 Å². The fourth-order valence-electron chi connectivity index (χ4n) is 3.02. The SMILES string of the molecule is COCCOc1ccc(CNC(=O)c2cc(-c3ccco3)nc3ccccc23)cn1. The Bertz CT molecular complexity index is 1130. The number of benzene rings is 1. The van der Waals surface area contributed by atoms with Gasteiger partial charge in [-0.15, -0.1) is 0 Å². The van der Waals surface area contributed by atoms with Crippen LogP contribution in [-0.2, 0) is 11.3 Å². The van der Waals surface area contributed by atoms with E-state index in [9.17, 15) is 4.79 Å². The maximum atomic E-state index is 13.0. The van der Waals surface area contributed by atoms with Crippen LogP contribution in [0.1, 0.15) is 15.9 Å². The topological polar surface area (TPSA) is 86.5 Å². The highest BCUT2D eigenvalue weighted by molar-refractivity contribution is 6.07. The molecule has 0 unspecified atom stereocenters. The quantitative estimate of drug-likeness (QED) is 0.450. The van der Waals surface area contributed by atoms with Gasteiger partial charge in [0.05, 0.1) is 24.0 Å². The predicted octanol–water partition coefficient (Wildman–Crippen LogP) is 3.85. The van der Waals surface area contributed by atoms with Gasteiger partial charge in [-0.2, -0.15) is 0 Å². The number of furan rings is 1. The maximum absolute atomic E-state index is 13.0. The summed E-state index contributed by atoms with van der Waals surface area (Å²) in [5, 5.41) is 3.74. The fraction of sp³-hybridized carbons (Fsp3) is 0.174. The Morgan fingerprint density at radius 1 is 1.10 bits per heavy atom. The number of ether oxygens (including phenoxy) is 2. The van der Waals surface area contributed by atoms with Crippen LogP contribution in [0.4, 0.5) is 0 Å². The maximum Gasteiger partial charge on any atom is 0.252 e. The first-order chi connectivity index (χ1) is 14.7. The number of pyridine rings is 2. The summed E-state index contributed by atoms with van der Waals surface area (Å²) in [6.07, 6.45) is 3.27. The van der Waals surface area contributed by atoms with E-state index in [0.29, 0.717) is 42.7 Å². The van der Waals surface area contributed by atoms with Gasteiger partial charge in [0.25, 0.3) is 5.91 Å². The molecule has 7 heteroatoms. The van der Waals surface area contributed by atoms with Crippen LogP contribution in [0.3, 0.4) is 0 Å². The third-order valence-corrected chi connectivity index (χ3v) is 4.52. The van der Waals surface area contributed by atoms with Gasteiger partial charge in [0.2, 0.25) is 5.88 Å². The van der Waals surface area contributed by atoms with Crippen LogP contribution in [0.15, 0.2) is 71.5 Å². The Kier molecular flexibility index (Phi) is 6.01. The van der Waals surface area contributed by atoms with Crippen LogP contribution >= 0.6 is 0 Å². The van der Waals surface area contributed by atoms with Gasteiger partial charge in [-0.3, -0.25) is 4.79 Å². The van der Waals surface area contributed by atoms with Crippen molar-refractivity contribution in [3.63, 3.8) is 0 Å². The molecule has 0 fully saturated rings. The first-order valence-electron chi connectivity index (χ1n) is 9.53. The van der Waals surface area contributed by atoms with E-state index in [1.807, 2.05) is 36.4 Å². The molecule has 7 nitrogen and oxygen atoms in total. The van der Waals surface area contributed by atoms with Gasteiger partial charge in [-0.05, 0) is 29.8 Å². The molecule has 30 heavy (non-hydrogen) atoms. The predicted molar refractivity (Wildman–Crippen MR) is 112 cm³/mol. The molecule has 4 aromatic rings.